The second-order valence-electron chi connectivity index (χ2n) is 3.79. The van der Waals surface area contributed by atoms with Crippen molar-refractivity contribution in [3.63, 3.8) is 0 Å². The van der Waals surface area contributed by atoms with E-state index in [1.807, 2.05) is 13.0 Å². The van der Waals surface area contributed by atoms with E-state index in [0.717, 1.165) is 5.56 Å². The molecule has 0 radical (unpaired) electrons. The Morgan fingerprint density at radius 2 is 2.35 bits per heavy atom. The molecular weight excluding hydrogens is 220 g/mol. The molecule has 1 aromatic carbocycles. The Bertz CT molecular complexity index is 369. The fourth-order valence-electron chi connectivity index (χ4n) is 1.43. The maximum atomic E-state index is 10.4. The van der Waals surface area contributed by atoms with Crippen molar-refractivity contribution < 1.29 is 14.6 Å². The molecule has 0 aliphatic heterocycles. The summed E-state index contributed by atoms with van der Waals surface area (Å²) in [6, 6.07) is 7.18. The van der Waals surface area contributed by atoms with Gasteiger partial charge >= 0.3 is 0 Å². The molecule has 1 amide bonds. The molecule has 17 heavy (non-hydrogen) atoms. The van der Waals surface area contributed by atoms with Crippen LogP contribution in [0.15, 0.2) is 24.3 Å². The summed E-state index contributed by atoms with van der Waals surface area (Å²) >= 11 is 0. The van der Waals surface area contributed by atoms with E-state index < -0.39 is 5.91 Å². The van der Waals surface area contributed by atoms with Crippen molar-refractivity contribution in [3.8, 4) is 5.75 Å². The zero-order valence-corrected chi connectivity index (χ0v) is 9.85. The van der Waals surface area contributed by atoms with Crippen LogP contribution in [0, 0.1) is 0 Å². The average molecular weight is 238 g/mol. The molecule has 0 fully saturated rings. The number of nitrogens with one attached hydrogen (secondary N) is 1. The van der Waals surface area contributed by atoms with Gasteiger partial charge in [-0.1, -0.05) is 12.1 Å². The zero-order valence-electron chi connectivity index (χ0n) is 9.85. The molecule has 5 heteroatoms. The lowest BCUT2D eigenvalue weighted by Crippen LogP contribution is -2.25. The molecule has 0 aromatic heterocycles. The summed E-state index contributed by atoms with van der Waals surface area (Å²) < 4.78 is 5.02. The van der Waals surface area contributed by atoms with Gasteiger partial charge in [-0.2, -0.15) is 0 Å². The van der Waals surface area contributed by atoms with Gasteiger partial charge in [0.15, 0.2) is 0 Å². The first-order valence-electron chi connectivity index (χ1n) is 5.48. The third-order valence-corrected chi connectivity index (χ3v) is 2.31. The maximum Gasteiger partial charge on any atom is 0.243 e. The monoisotopic (exact) mass is 238 g/mol. The fourth-order valence-corrected chi connectivity index (χ4v) is 1.43. The van der Waals surface area contributed by atoms with Crippen LogP contribution in [0.4, 0.5) is 0 Å². The highest BCUT2D eigenvalue weighted by atomic mass is 16.5. The minimum atomic E-state index is -0.467. The van der Waals surface area contributed by atoms with E-state index in [0.29, 0.717) is 13.2 Å². The maximum absolute atomic E-state index is 10.4. The number of nitrogens with two attached hydrogens (primary N) is 1. The molecule has 4 N–H and O–H groups in total. The molecule has 0 saturated carbocycles. The molecule has 94 valence electrons. The van der Waals surface area contributed by atoms with Crippen LogP contribution in [-0.4, -0.2) is 30.8 Å². The van der Waals surface area contributed by atoms with Gasteiger partial charge in [0.25, 0.3) is 0 Å². The quantitative estimate of drug-likeness (QED) is 0.605. The van der Waals surface area contributed by atoms with Crippen molar-refractivity contribution >= 4 is 5.91 Å². The van der Waals surface area contributed by atoms with Crippen LogP contribution in [0.25, 0.3) is 0 Å². The number of rotatable bonds is 7. The molecule has 0 spiro atoms. The topological polar surface area (TPSA) is 84.6 Å². The van der Waals surface area contributed by atoms with Crippen molar-refractivity contribution in [2.75, 3.05) is 19.8 Å². The number of phenols is 1. The van der Waals surface area contributed by atoms with Gasteiger partial charge in [0.05, 0.1) is 6.61 Å². The average Bonchev–Trinajstić information content (AvgIpc) is 2.28. The third-order valence-electron chi connectivity index (χ3n) is 2.31. The van der Waals surface area contributed by atoms with Crippen molar-refractivity contribution in [2.24, 2.45) is 5.73 Å². The third kappa shape index (κ3) is 5.33. The van der Waals surface area contributed by atoms with Gasteiger partial charge in [-0.25, -0.2) is 0 Å². The van der Waals surface area contributed by atoms with Gasteiger partial charge in [-0.05, 0) is 24.6 Å². The molecule has 1 rings (SSSR count). The van der Waals surface area contributed by atoms with Gasteiger partial charge < -0.3 is 20.9 Å². The van der Waals surface area contributed by atoms with Crippen molar-refractivity contribution in [2.45, 2.75) is 13.0 Å². The van der Waals surface area contributed by atoms with Crippen molar-refractivity contribution in [3.05, 3.63) is 29.8 Å². The Morgan fingerprint density at radius 1 is 1.59 bits per heavy atom. The number of amides is 1. The van der Waals surface area contributed by atoms with Gasteiger partial charge in [0, 0.05) is 12.6 Å². The van der Waals surface area contributed by atoms with E-state index in [1.54, 1.807) is 18.2 Å². The van der Waals surface area contributed by atoms with Gasteiger partial charge in [0.1, 0.15) is 12.4 Å². The van der Waals surface area contributed by atoms with Crippen LogP contribution in [0.2, 0.25) is 0 Å². The molecule has 1 atom stereocenters. The second-order valence-corrected chi connectivity index (χ2v) is 3.79. The van der Waals surface area contributed by atoms with Gasteiger partial charge in [0.2, 0.25) is 5.91 Å². The first-order valence-corrected chi connectivity index (χ1v) is 5.48. The van der Waals surface area contributed by atoms with Crippen molar-refractivity contribution in [1.29, 1.82) is 0 Å². The lowest BCUT2D eigenvalue weighted by molar-refractivity contribution is -0.122. The minimum absolute atomic E-state index is 0.0534. The number of carbonyl (C=O) groups excluding carboxylic acids is 1. The normalized spacial score (nSPS) is 12.3. The summed E-state index contributed by atoms with van der Waals surface area (Å²) in [5, 5.41) is 12.5. The SMILES string of the molecule is CC(NCCOCC(N)=O)c1cccc(O)c1. The number of hydrogen-bond acceptors (Lipinski definition) is 4. The Morgan fingerprint density at radius 3 is 3.00 bits per heavy atom. The number of hydrogen-bond donors (Lipinski definition) is 3. The lowest BCUT2D eigenvalue weighted by Gasteiger charge is -2.14. The first-order chi connectivity index (χ1) is 8.09. The summed E-state index contributed by atoms with van der Waals surface area (Å²) in [6.45, 7) is 2.97. The van der Waals surface area contributed by atoms with Crippen LogP contribution in [0.5, 0.6) is 5.75 Å². The summed E-state index contributed by atoms with van der Waals surface area (Å²) in [4.78, 5) is 10.4. The van der Waals surface area contributed by atoms with Crippen LogP contribution < -0.4 is 11.1 Å². The van der Waals surface area contributed by atoms with E-state index in [1.165, 1.54) is 0 Å². The molecule has 0 aliphatic rings. The lowest BCUT2D eigenvalue weighted by atomic mass is 10.1. The summed E-state index contributed by atoms with van der Waals surface area (Å²) in [5.41, 5.74) is 5.93. The number of aromatic hydroxyl groups is 1. The fraction of sp³-hybridized carbons (Fsp3) is 0.417. The number of carbonyl (C=O) groups is 1. The Labute approximate surface area is 101 Å². The number of phenolic OH excluding ortho intramolecular Hbond substituents is 1. The standard InChI is InChI=1S/C12H18N2O3/c1-9(10-3-2-4-11(15)7-10)14-5-6-17-8-12(13)16/h2-4,7,9,14-15H,5-6,8H2,1H3,(H2,13,16). The van der Waals surface area contributed by atoms with Crippen molar-refractivity contribution in [1.82, 2.24) is 5.32 Å². The summed E-state index contributed by atoms with van der Waals surface area (Å²) in [7, 11) is 0. The molecular formula is C12H18N2O3. The molecule has 0 heterocycles. The number of benzene rings is 1. The predicted octanol–water partition coefficient (Wildman–Crippen LogP) is 0.545. The Hall–Kier alpha value is -1.59. The largest absolute Gasteiger partial charge is 0.508 e. The first kappa shape index (κ1) is 13.5. The number of ether oxygens (including phenoxy) is 1. The molecule has 1 unspecified atom stereocenters. The van der Waals surface area contributed by atoms with Crippen LogP contribution in [-0.2, 0) is 9.53 Å². The van der Waals surface area contributed by atoms with E-state index in [-0.39, 0.29) is 18.4 Å². The van der Waals surface area contributed by atoms with Gasteiger partial charge in [-0.3, -0.25) is 4.79 Å². The highest BCUT2D eigenvalue weighted by Gasteiger charge is 2.04. The Balaban J connectivity index is 2.25. The molecule has 0 aliphatic carbocycles. The molecule has 0 bridgehead atoms. The zero-order chi connectivity index (χ0) is 12.7. The molecule has 5 nitrogen and oxygen atoms in total. The van der Waals surface area contributed by atoms with E-state index >= 15 is 0 Å². The highest BCUT2D eigenvalue weighted by Crippen LogP contribution is 2.17. The smallest absolute Gasteiger partial charge is 0.243 e. The van der Waals surface area contributed by atoms with E-state index in [2.05, 4.69) is 5.32 Å². The van der Waals surface area contributed by atoms with E-state index in [9.17, 15) is 9.90 Å². The highest BCUT2D eigenvalue weighted by molar-refractivity contribution is 5.74. The second kappa shape index (κ2) is 6.88. The van der Waals surface area contributed by atoms with E-state index in [4.69, 9.17) is 10.5 Å². The number of primary amides is 1. The Kier molecular flexibility index (Phi) is 5.45. The predicted molar refractivity (Wildman–Crippen MR) is 64.5 cm³/mol. The van der Waals surface area contributed by atoms with Crippen LogP contribution >= 0.6 is 0 Å². The van der Waals surface area contributed by atoms with Crippen LogP contribution in [0.3, 0.4) is 0 Å². The molecule has 0 saturated heterocycles. The summed E-state index contributed by atoms with van der Waals surface area (Å²) in [6.07, 6.45) is 0. The van der Waals surface area contributed by atoms with Gasteiger partial charge in [-0.15, -0.1) is 0 Å². The molecule has 1 aromatic rings. The minimum Gasteiger partial charge on any atom is -0.508 e. The van der Waals surface area contributed by atoms with Crippen LogP contribution in [0.1, 0.15) is 18.5 Å². The summed E-state index contributed by atoms with van der Waals surface area (Å²) in [5.74, 6) is -0.216.